The lowest BCUT2D eigenvalue weighted by molar-refractivity contribution is 0.0863. The number of hydrogen-bond donors (Lipinski definition) is 1. The molecule has 0 heterocycles. The van der Waals surface area contributed by atoms with Gasteiger partial charge in [-0.3, -0.25) is 10.1 Å². The summed E-state index contributed by atoms with van der Waals surface area (Å²) in [6.45, 7) is -0.468. The van der Waals surface area contributed by atoms with Gasteiger partial charge in [-0.15, -0.1) is 0 Å². The van der Waals surface area contributed by atoms with E-state index in [0.717, 1.165) is 6.26 Å². The summed E-state index contributed by atoms with van der Waals surface area (Å²) in [5.41, 5.74) is 0.690. The van der Waals surface area contributed by atoms with Gasteiger partial charge in [-0.05, 0) is 42.5 Å². The van der Waals surface area contributed by atoms with Gasteiger partial charge in [0.05, 0.1) is 4.90 Å². The zero-order valence-electron chi connectivity index (χ0n) is 12.7. The molecule has 0 radical (unpaired) electrons. The predicted molar refractivity (Wildman–Crippen MR) is 90.3 cm³/mol. The van der Waals surface area contributed by atoms with Gasteiger partial charge in [-0.1, -0.05) is 17.7 Å². The molecule has 2 rings (SSSR count). The molecule has 6 nitrogen and oxygen atoms in total. The molecule has 2 aromatic rings. The molecule has 0 aliphatic carbocycles. The number of halogens is 1. The first-order valence-corrected chi connectivity index (χ1v) is 9.05. The van der Waals surface area contributed by atoms with E-state index in [-0.39, 0.29) is 10.5 Å². The number of hydrogen-bond acceptors (Lipinski definition) is 5. The smallest absolute Gasteiger partial charge is 0.412 e. The third kappa shape index (κ3) is 5.07. The average Bonchev–Trinajstić information content (AvgIpc) is 2.52. The van der Waals surface area contributed by atoms with Gasteiger partial charge in [0.2, 0.25) is 0 Å². The molecule has 0 atom stereocenters. The van der Waals surface area contributed by atoms with Crippen LogP contribution in [0.25, 0.3) is 0 Å². The highest BCUT2D eigenvalue weighted by atomic mass is 35.5. The van der Waals surface area contributed by atoms with Gasteiger partial charge < -0.3 is 4.74 Å². The first kappa shape index (κ1) is 18.0. The predicted octanol–water partition coefficient (Wildman–Crippen LogP) is 3.17. The molecule has 0 fully saturated rings. The molecule has 1 N–H and O–H groups in total. The van der Waals surface area contributed by atoms with Crippen LogP contribution in [0.3, 0.4) is 0 Å². The second-order valence-electron chi connectivity index (χ2n) is 4.93. The number of ketones is 1. The Morgan fingerprint density at radius 2 is 1.79 bits per heavy atom. The van der Waals surface area contributed by atoms with Gasteiger partial charge >= 0.3 is 6.09 Å². The van der Waals surface area contributed by atoms with Crippen LogP contribution in [-0.4, -0.2) is 33.2 Å². The summed E-state index contributed by atoms with van der Waals surface area (Å²) in [7, 11) is -3.33. The van der Waals surface area contributed by atoms with Gasteiger partial charge in [-0.25, -0.2) is 13.2 Å². The van der Waals surface area contributed by atoms with E-state index in [4.69, 9.17) is 16.3 Å². The van der Waals surface area contributed by atoms with Crippen LogP contribution in [0.1, 0.15) is 10.4 Å². The third-order valence-electron chi connectivity index (χ3n) is 3.01. The number of carbonyl (C=O) groups excluding carboxylic acids is 2. The molecular formula is C16H14ClNO5S. The monoisotopic (exact) mass is 367 g/mol. The number of benzene rings is 2. The largest absolute Gasteiger partial charge is 0.441 e. The quantitative estimate of drug-likeness (QED) is 0.820. The minimum atomic E-state index is -3.33. The Hall–Kier alpha value is -2.38. The minimum absolute atomic E-state index is 0.110. The van der Waals surface area contributed by atoms with Crippen LogP contribution in [0.4, 0.5) is 10.5 Å². The lowest BCUT2D eigenvalue weighted by atomic mass is 10.1. The summed E-state index contributed by atoms with van der Waals surface area (Å²) in [6, 6.07) is 11.9. The van der Waals surface area contributed by atoms with E-state index in [2.05, 4.69) is 5.32 Å². The second kappa shape index (κ2) is 7.46. The topological polar surface area (TPSA) is 89.5 Å². The molecule has 8 heteroatoms. The molecule has 0 aliphatic heterocycles. The van der Waals surface area contributed by atoms with Crippen LogP contribution in [-0.2, 0) is 14.6 Å². The Kier molecular flexibility index (Phi) is 5.58. The summed E-state index contributed by atoms with van der Waals surface area (Å²) >= 11 is 5.79. The highest BCUT2D eigenvalue weighted by Gasteiger charge is 2.12. The van der Waals surface area contributed by atoms with Crippen molar-refractivity contribution in [3.8, 4) is 0 Å². The number of amides is 1. The Bertz CT molecular complexity index is 862. The van der Waals surface area contributed by atoms with Gasteiger partial charge in [0.25, 0.3) is 0 Å². The summed E-state index contributed by atoms with van der Waals surface area (Å²) in [5, 5.41) is 2.90. The number of nitrogens with one attached hydrogen (secondary N) is 1. The number of rotatable bonds is 5. The minimum Gasteiger partial charge on any atom is -0.441 e. The number of carbonyl (C=O) groups is 2. The Morgan fingerprint density at radius 1 is 1.12 bits per heavy atom. The summed E-state index contributed by atoms with van der Waals surface area (Å²) in [5.74, 6) is -0.448. The Balaban J connectivity index is 1.92. The van der Waals surface area contributed by atoms with E-state index < -0.39 is 28.3 Å². The maximum atomic E-state index is 11.9. The van der Waals surface area contributed by atoms with Crippen molar-refractivity contribution in [2.75, 3.05) is 18.2 Å². The summed E-state index contributed by atoms with van der Waals surface area (Å²) in [4.78, 5) is 23.7. The molecule has 2 aromatic carbocycles. The van der Waals surface area contributed by atoms with Crippen molar-refractivity contribution >= 4 is 39.0 Å². The van der Waals surface area contributed by atoms with Crippen LogP contribution in [0.2, 0.25) is 5.02 Å². The fraction of sp³-hybridized carbons (Fsp3) is 0.125. The number of sulfone groups is 1. The standard InChI is InChI=1S/C16H14ClNO5S/c1-24(21,22)14-7-5-11(6-8-14)15(19)10-23-16(20)18-13-4-2-3-12(17)9-13/h2-9H,10H2,1H3,(H,18,20). The van der Waals surface area contributed by atoms with E-state index in [9.17, 15) is 18.0 Å². The number of anilines is 1. The molecular weight excluding hydrogens is 354 g/mol. The fourth-order valence-corrected chi connectivity index (χ4v) is 2.64. The average molecular weight is 368 g/mol. The van der Waals surface area contributed by atoms with E-state index in [0.29, 0.717) is 10.7 Å². The van der Waals surface area contributed by atoms with Crippen LogP contribution >= 0.6 is 11.6 Å². The maximum Gasteiger partial charge on any atom is 0.412 e. The van der Waals surface area contributed by atoms with Gasteiger partial charge in [0.15, 0.2) is 22.2 Å². The van der Waals surface area contributed by atoms with Crippen molar-refractivity contribution in [3.05, 3.63) is 59.1 Å². The molecule has 126 valence electrons. The molecule has 0 saturated heterocycles. The normalized spacial score (nSPS) is 10.9. The van der Waals surface area contributed by atoms with Crippen LogP contribution in [0.5, 0.6) is 0 Å². The zero-order chi connectivity index (χ0) is 17.7. The SMILES string of the molecule is CS(=O)(=O)c1ccc(C(=O)COC(=O)Nc2cccc(Cl)c2)cc1. The molecule has 1 amide bonds. The first-order chi connectivity index (χ1) is 11.3. The van der Waals surface area contributed by atoms with Crippen molar-refractivity contribution < 1.29 is 22.7 Å². The number of Topliss-reactive ketones (excluding diaryl/α,β-unsaturated/α-hetero) is 1. The molecule has 0 bridgehead atoms. The fourth-order valence-electron chi connectivity index (χ4n) is 1.82. The Morgan fingerprint density at radius 3 is 2.38 bits per heavy atom. The summed E-state index contributed by atoms with van der Waals surface area (Å²) in [6.07, 6.45) is 0.283. The van der Waals surface area contributed by atoms with Crippen LogP contribution in [0, 0.1) is 0 Å². The van der Waals surface area contributed by atoms with Crippen LogP contribution in [0.15, 0.2) is 53.4 Å². The second-order valence-corrected chi connectivity index (χ2v) is 7.38. The molecule has 24 heavy (non-hydrogen) atoms. The van der Waals surface area contributed by atoms with E-state index >= 15 is 0 Å². The van der Waals surface area contributed by atoms with E-state index in [1.54, 1.807) is 18.2 Å². The highest BCUT2D eigenvalue weighted by molar-refractivity contribution is 7.90. The first-order valence-electron chi connectivity index (χ1n) is 6.78. The lowest BCUT2D eigenvalue weighted by Crippen LogP contribution is -2.19. The lowest BCUT2D eigenvalue weighted by Gasteiger charge is -2.07. The van der Waals surface area contributed by atoms with E-state index in [1.165, 1.54) is 30.3 Å². The van der Waals surface area contributed by atoms with Crippen molar-refractivity contribution in [2.45, 2.75) is 4.90 Å². The van der Waals surface area contributed by atoms with Crippen molar-refractivity contribution in [2.24, 2.45) is 0 Å². The zero-order valence-corrected chi connectivity index (χ0v) is 14.2. The van der Waals surface area contributed by atoms with Crippen molar-refractivity contribution in [3.63, 3.8) is 0 Å². The Labute approximate surface area is 144 Å². The molecule has 0 aromatic heterocycles. The molecule has 0 saturated carbocycles. The van der Waals surface area contributed by atoms with Gasteiger partial charge in [0.1, 0.15) is 0 Å². The highest BCUT2D eigenvalue weighted by Crippen LogP contribution is 2.15. The van der Waals surface area contributed by atoms with Crippen molar-refractivity contribution in [1.82, 2.24) is 0 Å². The van der Waals surface area contributed by atoms with Gasteiger partial charge in [-0.2, -0.15) is 0 Å². The van der Waals surface area contributed by atoms with Crippen molar-refractivity contribution in [1.29, 1.82) is 0 Å². The van der Waals surface area contributed by atoms with Crippen LogP contribution < -0.4 is 5.32 Å². The summed E-state index contributed by atoms with van der Waals surface area (Å²) < 4.78 is 27.5. The van der Waals surface area contributed by atoms with E-state index in [1.807, 2.05) is 0 Å². The number of ether oxygens (including phenoxy) is 1. The maximum absolute atomic E-state index is 11.9. The molecule has 0 aliphatic rings. The third-order valence-corrected chi connectivity index (χ3v) is 4.37. The molecule has 0 unspecified atom stereocenters. The van der Waals surface area contributed by atoms with Gasteiger partial charge in [0, 0.05) is 22.5 Å². The molecule has 0 spiro atoms.